The number of nitriles is 1. The lowest BCUT2D eigenvalue weighted by Gasteiger charge is -2.09. The Balaban J connectivity index is 2.18. The van der Waals surface area contributed by atoms with Crippen LogP contribution in [-0.2, 0) is 7.05 Å². The smallest absolute Gasteiger partial charge is 0.106 e. The van der Waals surface area contributed by atoms with Crippen molar-refractivity contribution in [2.75, 3.05) is 11.9 Å². The van der Waals surface area contributed by atoms with E-state index in [9.17, 15) is 0 Å². The number of rotatable bonds is 4. The fraction of sp³-hybridized carbons (Fsp3) is 0.429. The van der Waals surface area contributed by atoms with Gasteiger partial charge in [-0.05, 0) is 31.5 Å². The molecule has 4 nitrogen and oxygen atoms in total. The van der Waals surface area contributed by atoms with Crippen molar-refractivity contribution in [3.05, 3.63) is 24.0 Å². The molecule has 1 aromatic carbocycles. The summed E-state index contributed by atoms with van der Waals surface area (Å²) in [6.45, 7) is 4.71. The largest absolute Gasteiger partial charge is 0.384 e. The fourth-order valence-electron chi connectivity index (χ4n) is 1.95. The number of benzene rings is 1. The molecule has 0 aliphatic rings. The van der Waals surface area contributed by atoms with Gasteiger partial charge < -0.3 is 9.88 Å². The molecular weight excluding hydrogens is 224 g/mol. The maximum absolute atomic E-state index is 8.91. The van der Waals surface area contributed by atoms with Gasteiger partial charge in [-0.3, -0.25) is 0 Å². The Morgan fingerprint density at radius 2 is 2.28 bits per heavy atom. The SMILES string of the molecule is CCC(C#N)CNc1ccc2c(c1)nc(C)n2C. The number of nitrogens with one attached hydrogen (secondary N) is 1. The Morgan fingerprint density at radius 1 is 1.50 bits per heavy atom. The molecule has 1 heterocycles. The average molecular weight is 242 g/mol. The molecule has 1 unspecified atom stereocenters. The third kappa shape index (κ3) is 2.30. The molecule has 4 heteroatoms. The monoisotopic (exact) mass is 242 g/mol. The first-order valence-electron chi connectivity index (χ1n) is 6.22. The molecule has 1 N–H and O–H groups in total. The summed E-state index contributed by atoms with van der Waals surface area (Å²) in [5.41, 5.74) is 3.14. The lowest BCUT2D eigenvalue weighted by molar-refractivity contribution is 0.674. The van der Waals surface area contributed by atoms with E-state index < -0.39 is 0 Å². The van der Waals surface area contributed by atoms with Crippen LogP contribution in [0.3, 0.4) is 0 Å². The molecule has 2 aromatic rings. The molecule has 0 spiro atoms. The van der Waals surface area contributed by atoms with Crippen LogP contribution < -0.4 is 5.32 Å². The van der Waals surface area contributed by atoms with E-state index in [4.69, 9.17) is 5.26 Å². The zero-order valence-electron chi connectivity index (χ0n) is 11.1. The van der Waals surface area contributed by atoms with Crippen LogP contribution in [0.1, 0.15) is 19.2 Å². The molecule has 0 aliphatic carbocycles. The number of imidazole rings is 1. The molecule has 0 saturated heterocycles. The van der Waals surface area contributed by atoms with Crippen molar-refractivity contribution < 1.29 is 0 Å². The fourth-order valence-corrected chi connectivity index (χ4v) is 1.95. The molecule has 0 aliphatic heterocycles. The summed E-state index contributed by atoms with van der Waals surface area (Å²) in [5, 5.41) is 12.2. The third-order valence-electron chi connectivity index (χ3n) is 3.33. The highest BCUT2D eigenvalue weighted by Crippen LogP contribution is 2.19. The molecule has 0 bridgehead atoms. The van der Waals surface area contributed by atoms with E-state index in [2.05, 4.69) is 27.0 Å². The summed E-state index contributed by atoms with van der Waals surface area (Å²) < 4.78 is 2.07. The molecule has 94 valence electrons. The van der Waals surface area contributed by atoms with E-state index in [0.29, 0.717) is 6.54 Å². The minimum Gasteiger partial charge on any atom is -0.384 e. The molecule has 0 amide bonds. The Hall–Kier alpha value is -2.02. The summed E-state index contributed by atoms with van der Waals surface area (Å²) in [7, 11) is 2.01. The van der Waals surface area contributed by atoms with Crippen LogP contribution in [0.5, 0.6) is 0 Å². The third-order valence-corrected chi connectivity index (χ3v) is 3.33. The standard InChI is InChI=1S/C14H18N4/c1-4-11(8-15)9-16-12-5-6-14-13(7-12)17-10(2)18(14)3/h5-7,11,16H,4,9H2,1-3H3. The molecule has 1 atom stereocenters. The molecular formula is C14H18N4. The number of anilines is 1. The molecule has 2 rings (SSSR count). The van der Waals surface area contributed by atoms with Gasteiger partial charge in [0.1, 0.15) is 5.82 Å². The van der Waals surface area contributed by atoms with Gasteiger partial charge >= 0.3 is 0 Å². The second kappa shape index (κ2) is 5.09. The minimum absolute atomic E-state index is 0.0613. The first-order valence-corrected chi connectivity index (χ1v) is 6.22. The molecule has 18 heavy (non-hydrogen) atoms. The van der Waals surface area contributed by atoms with Crippen LogP contribution in [0, 0.1) is 24.2 Å². The lowest BCUT2D eigenvalue weighted by Crippen LogP contribution is -2.11. The molecule has 0 fully saturated rings. The minimum atomic E-state index is 0.0613. The van der Waals surface area contributed by atoms with Crippen LogP contribution in [0.2, 0.25) is 0 Å². The van der Waals surface area contributed by atoms with E-state index >= 15 is 0 Å². The summed E-state index contributed by atoms with van der Waals surface area (Å²) in [6, 6.07) is 8.42. The lowest BCUT2D eigenvalue weighted by atomic mass is 10.1. The number of nitrogens with zero attached hydrogens (tertiary/aromatic N) is 3. The highest BCUT2D eigenvalue weighted by Gasteiger charge is 2.06. The average Bonchev–Trinajstić information content (AvgIpc) is 2.66. The van der Waals surface area contributed by atoms with Crippen LogP contribution in [0.15, 0.2) is 18.2 Å². The highest BCUT2D eigenvalue weighted by molar-refractivity contribution is 5.80. The van der Waals surface area contributed by atoms with Crippen molar-refractivity contribution in [2.24, 2.45) is 13.0 Å². The number of aryl methyl sites for hydroxylation is 2. The van der Waals surface area contributed by atoms with Crippen LogP contribution in [0.4, 0.5) is 5.69 Å². The maximum atomic E-state index is 8.91. The van der Waals surface area contributed by atoms with E-state index in [1.807, 2.05) is 33.0 Å². The van der Waals surface area contributed by atoms with Crippen LogP contribution in [0.25, 0.3) is 11.0 Å². The second-order valence-electron chi connectivity index (χ2n) is 4.54. The van der Waals surface area contributed by atoms with Gasteiger partial charge in [0.25, 0.3) is 0 Å². The molecule has 0 radical (unpaired) electrons. The van der Waals surface area contributed by atoms with Crippen molar-refractivity contribution in [3.63, 3.8) is 0 Å². The van der Waals surface area contributed by atoms with Gasteiger partial charge in [0.15, 0.2) is 0 Å². The summed E-state index contributed by atoms with van der Waals surface area (Å²) in [6.07, 6.45) is 0.869. The Labute approximate surface area is 107 Å². The van der Waals surface area contributed by atoms with Crippen molar-refractivity contribution in [2.45, 2.75) is 20.3 Å². The van der Waals surface area contributed by atoms with Crippen LogP contribution in [-0.4, -0.2) is 16.1 Å². The Bertz CT molecular complexity index is 592. The normalized spacial score (nSPS) is 12.3. The topological polar surface area (TPSA) is 53.6 Å². The Kier molecular flexibility index (Phi) is 3.52. The van der Waals surface area contributed by atoms with Gasteiger partial charge in [-0.1, -0.05) is 6.92 Å². The summed E-state index contributed by atoms with van der Waals surface area (Å²) >= 11 is 0. The van der Waals surface area contributed by atoms with Gasteiger partial charge in [0.2, 0.25) is 0 Å². The summed E-state index contributed by atoms with van der Waals surface area (Å²) in [5.74, 6) is 1.07. The first kappa shape index (κ1) is 12.4. The quantitative estimate of drug-likeness (QED) is 0.897. The highest BCUT2D eigenvalue weighted by atomic mass is 15.0. The van der Waals surface area contributed by atoms with Crippen molar-refractivity contribution >= 4 is 16.7 Å². The van der Waals surface area contributed by atoms with E-state index in [1.54, 1.807) is 0 Å². The van der Waals surface area contributed by atoms with Gasteiger partial charge in [-0.15, -0.1) is 0 Å². The maximum Gasteiger partial charge on any atom is 0.106 e. The number of fused-ring (bicyclic) bond motifs is 1. The molecule has 1 aromatic heterocycles. The second-order valence-corrected chi connectivity index (χ2v) is 4.54. The van der Waals surface area contributed by atoms with E-state index in [0.717, 1.165) is 29.0 Å². The number of hydrogen-bond donors (Lipinski definition) is 1. The van der Waals surface area contributed by atoms with Gasteiger partial charge in [0, 0.05) is 19.3 Å². The number of hydrogen-bond acceptors (Lipinski definition) is 3. The van der Waals surface area contributed by atoms with Crippen molar-refractivity contribution in [3.8, 4) is 6.07 Å². The van der Waals surface area contributed by atoms with Crippen molar-refractivity contribution in [1.29, 1.82) is 5.26 Å². The van der Waals surface area contributed by atoms with Gasteiger partial charge in [0.05, 0.1) is 23.0 Å². The van der Waals surface area contributed by atoms with Crippen LogP contribution >= 0.6 is 0 Å². The molecule has 0 saturated carbocycles. The predicted octanol–water partition coefficient (Wildman–Crippen LogP) is 2.84. The van der Waals surface area contributed by atoms with Crippen molar-refractivity contribution in [1.82, 2.24) is 9.55 Å². The van der Waals surface area contributed by atoms with Gasteiger partial charge in [-0.2, -0.15) is 5.26 Å². The predicted molar refractivity (Wildman–Crippen MR) is 73.3 cm³/mol. The summed E-state index contributed by atoms with van der Waals surface area (Å²) in [4.78, 5) is 4.50. The van der Waals surface area contributed by atoms with Gasteiger partial charge in [-0.25, -0.2) is 4.98 Å². The zero-order chi connectivity index (χ0) is 13.1. The first-order chi connectivity index (χ1) is 8.65. The van der Waals surface area contributed by atoms with E-state index in [1.165, 1.54) is 0 Å². The zero-order valence-corrected chi connectivity index (χ0v) is 11.1. The van der Waals surface area contributed by atoms with E-state index in [-0.39, 0.29) is 5.92 Å². The number of aromatic nitrogens is 2. The Morgan fingerprint density at radius 3 is 2.94 bits per heavy atom.